The molecule has 1 amide bonds. The number of anilines is 1. The fraction of sp³-hybridized carbons (Fsp3) is 0.125. The molecule has 1 heterocycles. The second-order valence-electron chi connectivity index (χ2n) is 5.28. The summed E-state index contributed by atoms with van der Waals surface area (Å²) in [5.41, 5.74) is 0.707. The number of para-hydroxylation sites is 1. The largest absolute Gasteiger partial charge is 1.00 e. The molecular weight excluding hydrogens is 349 g/mol. The van der Waals surface area contributed by atoms with Crippen LogP contribution < -0.4 is 34.6 Å². The van der Waals surface area contributed by atoms with Crippen LogP contribution in [-0.4, -0.2) is 27.7 Å². The van der Waals surface area contributed by atoms with E-state index in [0.717, 1.165) is 18.2 Å². The van der Waals surface area contributed by atoms with E-state index in [-0.39, 0.29) is 46.7 Å². The van der Waals surface area contributed by atoms with Crippen LogP contribution in [0.25, 0.3) is 0 Å². The van der Waals surface area contributed by atoms with Gasteiger partial charge in [-0.15, -0.1) is 0 Å². The summed E-state index contributed by atoms with van der Waals surface area (Å²) >= 11 is 0. The molecule has 0 fully saturated rings. The molecule has 1 aliphatic heterocycles. The first kappa shape index (κ1) is 19.7. The first-order valence-electron chi connectivity index (χ1n) is 7.30. The minimum absolute atomic E-state index is 0. The third kappa shape index (κ3) is 3.96. The van der Waals surface area contributed by atoms with Gasteiger partial charge in [-0.3, -0.25) is 14.9 Å². The zero-order valence-electron chi connectivity index (χ0n) is 14.1. The molecule has 26 heavy (non-hydrogen) atoms. The topological polar surface area (TPSA) is 121 Å². The van der Waals surface area contributed by atoms with Gasteiger partial charge in [0.15, 0.2) is 6.04 Å². The number of rotatable bonds is 4. The monoisotopic (exact) mass is 362 g/mol. The van der Waals surface area contributed by atoms with Gasteiger partial charge in [-0.05, 0) is 25.1 Å². The average molecular weight is 362 g/mol. The van der Waals surface area contributed by atoms with Crippen LogP contribution in [0.1, 0.15) is 6.92 Å². The van der Waals surface area contributed by atoms with Gasteiger partial charge in [-0.1, -0.05) is 18.2 Å². The fourth-order valence-corrected chi connectivity index (χ4v) is 2.27. The Kier molecular flexibility index (Phi) is 6.19. The van der Waals surface area contributed by atoms with Crippen LogP contribution in [0.3, 0.4) is 0 Å². The third-order valence-electron chi connectivity index (χ3n) is 3.55. The third-order valence-corrected chi connectivity index (χ3v) is 3.55. The maximum absolute atomic E-state index is 12.5. The summed E-state index contributed by atoms with van der Waals surface area (Å²) in [6.07, 6.45) is 0. The van der Waals surface area contributed by atoms with Gasteiger partial charge in [0.2, 0.25) is 0 Å². The van der Waals surface area contributed by atoms with Crippen molar-refractivity contribution in [2.24, 2.45) is 15.3 Å². The smallest absolute Gasteiger partial charge is 0.506 e. The number of aromatic hydroxyl groups is 1. The quantitative estimate of drug-likeness (QED) is 0.361. The van der Waals surface area contributed by atoms with Crippen LogP contribution in [0, 0.1) is 10.1 Å². The second kappa shape index (κ2) is 8.17. The number of hydrazone groups is 1. The van der Waals surface area contributed by atoms with Crippen LogP contribution in [-0.2, 0) is 4.79 Å². The average Bonchev–Trinajstić information content (AvgIpc) is 2.89. The van der Waals surface area contributed by atoms with Crippen molar-refractivity contribution in [3.63, 3.8) is 0 Å². The number of phenols is 1. The number of hydrogen-bond donors (Lipinski definition) is 1. The molecule has 3 rings (SSSR count). The van der Waals surface area contributed by atoms with Gasteiger partial charge in [0.1, 0.15) is 11.4 Å². The van der Waals surface area contributed by atoms with E-state index in [9.17, 15) is 20.0 Å². The number of carbonyl (C=O) groups is 1. The number of benzene rings is 2. The summed E-state index contributed by atoms with van der Waals surface area (Å²) in [5, 5.41) is 33.7. The Hall–Kier alpha value is -2.62. The molecule has 0 saturated heterocycles. The van der Waals surface area contributed by atoms with Crippen LogP contribution in [0.15, 0.2) is 63.9 Å². The molecule has 1 atom stereocenters. The van der Waals surface area contributed by atoms with E-state index >= 15 is 0 Å². The maximum Gasteiger partial charge on any atom is 1.00 e. The Morgan fingerprint density at radius 2 is 1.92 bits per heavy atom. The van der Waals surface area contributed by atoms with E-state index < -0.39 is 16.9 Å². The van der Waals surface area contributed by atoms with E-state index in [2.05, 4.69) is 15.3 Å². The summed E-state index contributed by atoms with van der Waals surface area (Å²) in [6, 6.07) is 11.3. The first-order valence-corrected chi connectivity index (χ1v) is 7.30. The molecule has 9 nitrogen and oxygen atoms in total. The normalized spacial score (nSPS) is 16.5. The molecule has 0 spiro atoms. The Morgan fingerprint density at radius 3 is 2.58 bits per heavy atom. The Morgan fingerprint density at radius 1 is 1.23 bits per heavy atom. The fourth-order valence-electron chi connectivity index (χ4n) is 2.27. The van der Waals surface area contributed by atoms with Crippen molar-refractivity contribution < 1.29 is 44.4 Å². The molecule has 0 aromatic heterocycles. The van der Waals surface area contributed by atoms with Crippen LogP contribution in [0.5, 0.6) is 5.75 Å². The zero-order valence-corrected chi connectivity index (χ0v) is 16.1. The van der Waals surface area contributed by atoms with Gasteiger partial charge >= 0.3 is 29.6 Å². The summed E-state index contributed by atoms with van der Waals surface area (Å²) in [7, 11) is 0. The molecule has 0 bridgehead atoms. The molecule has 0 saturated carbocycles. The van der Waals surface area contributed by atoms with Gasteiger partial charge in [0, 0.05) is 12.1 Å². The van der Waals surface area contributed by atoms with Crippen molar-refractivity contribution in [3.8, 4) is 5.75 Å². The van der Waals surface area contributed by atoms with E-state index in [0.29, 0.717) is 11.4 Å². The van der Waals surface area contributed by atoms with Gasteiger partial charge in [-0.25, -0.2) is 0 Å². The van der Waals surface area contributed by atoms with Gasteiger partial charge in [0.05, 0.1) is 16.3 Å². The van der Waals surface area contributed by atoms with Gasteiger partial charge in [0.25, 0.3) is 11.6 Å². The van der Waals surface area contributed by atoms with Crippen molar-refractivity contribution in [1.82, 2.24) is 0 Å². The van der Waals surface area contributed by atoms with E-state index in [1.807, 2.05) is 6.07 Å². The van der Waals surface area contributed by atoms with Gasteiger partial charge < -0.3 is 5.11 Å². The molecule has 2 aromatic rings. The number of amides is 1. The number of non-ortho nitro benzene ring substituents is 1. The van der Waals surface area contributed by atoms with Crippen molar-refractivity contribution >= 4 is 28.7 Å². The Labute approximate surface area is 170 Å². The number of nitrogens with zero attached hydrogens (tertiary/aromatic N) is 5. The van der Waals surface area contributed by atoms with Crippen molar-refractivity contribution in [2.45, 2.75) is 13.0 Å². The molecule has 1 aliphatic rings. The molecule has 0 aliphatic carbocycles. The SMILES string of the molecule is CC1=NN(c2ccccc2)C(=O)C1N=Nc1cc([N+](=O)[O-])ccc1O.[Na+]. The maximum atomic E-state index is 12.5. The summed E-state index contributed by atoms with van der Waals surface area (Å²) in [5.74, 6) is -0.660. The molecule has 2 aromatic carbocycles. The predicted octanol–water partition coefficient (Wildman–Crippen LogP) is 0.179. The minimum Gasteiger partial charge on any atom is -0.506 e. The van der Waals surface area contributed by atoms with E-state index in [1.54, 1.807) is 31.2 Å². The summed E-state index contributed by atoms with van der Waals surface area (Å²) < 4.78 is 0. The molecule has 0 radical (unpaired) electrons. The number of azo groups is 1. The summed E-state index contributed by atoms with van der Waals surface area (Å²) in [4.78, 5) is 22.7. The molecule has 10 heteroatoms. The number of nitro groups is 1. The molecule has 126 valence electrons. The standard InChI is InChI=1S/C16H13N5O4.Na/c1-10-15(16(23)20(19-10)11-5-3-2-4-6-11)18-17-13-9-12(21(24)25)7-8-14(13)22;/h2-9,15,22H,1H3;/q;+1. The van der Waals surface area contributed by atoms with E-state index in [4.69, 9.17) is 0 Å². The first-order chi connectivity index (χ1) is 12.0. The van der Waals surface area contributed by atoms with Crippen LogP contribution >= 0.6 is 0 Å². The molecule has 1 N–H and O–H groups in total. The minimum atomic E-state index is -0.945. The van der Waals surface area contributed by atoms with E-state index in [1.165, 1.54) is 5.01 Å². The number of carbonyl (C=O) groups excluding carboxylic acids is 1. The zero-order chi connectivity index (χ0) is 18.0. The second-order valence-corrected chi connectivity index (χ2v) is 5.28. The van der Waals surface area contributed by atoms with Crippen LogP contribution in [0.4, 0.5) is 17.1 Å². The van der Waals surface area contributed by atoms with Crippen LogP contribution in [0.2, 0.25) is 0 Å². The number of nitro benzene ring substituents is 1. The van der Waals surface area contributed by atoms with Gasteiger partial charge in [-0.2, -0.15) is 20.3 Å². The van der Waals surface area contributed by atoms with Crippen molar-refractivity contribution in [3.05, 3.63) is 58.6 Å². The number of phenolic OH excluding ortho intramolecular Hbond substituents is 1. The van der Waals surface area contributed by atoms with Crippen molar-refractivity contribution in [1.29, 1.82) is 0 Å². The Balaban J connectivity index is 0.00000243. The molecule has 1 unspecified atom stereocenters. The number of hydrogen-bond acceptors (Lipinski definition) is 7. The molecular formula is C16H13N5NaO4+. The predicted molar refractivity (Wildman–Crippen MR) is 90.1 cm³/mol. The summed E-state index contributed by atoms with van der Waals surface area (Å²) in [6.45, 7) is 1.64. The van der Waals surface area contributed by atoms with Crippen molar-refractivity contribution in [2.75, 3.05) is 5.01 Å². The Bertz CT molecular complexity index is 901.